The number of hydrogen-bond acceptors (Lipinski definition) is 5. The zero-order valence-electron chi connectivity index (χ0n) is 12.6. The lowest BCUT2D eigenvalue weighted by molar-refractivity contribution is 0.0870. The van der Waals surface area contributed by atoms with Gasteiger partial charge in [-0.2, -0.15) is 0 Å². The molecule has 1 amide bonds. The number of carbonyl (C=O) groups is 1. The van der Waals surface area contributed by atoms with Crippen LogP contribution in [0.5, 0.6) is 5.75 Å². The van der Waals surface area contributed by atoms with Gasteiger partial charge in [0.1, 0.15) is 5.75 Å². The number of pyridine rings is 1. The summed E-state index contributed by atoms with van der Waals surface area (Å²) in [5.74, 6) is 0.0155. The van der Waals surface area contributed by atoms with E-state index < -0.39 is 6.10 Å². The molecule has 0 bridgehead atoms. The molecule has 1 aliphatic heterocycles. The molecule has 0 saturated heterocycles. The summed E-state index contributed by atoms with van der Waals surface area (Å²) in [7, 11) is 0. The van der Waals surface area contributed by atoms with Crippen LogP contribution in [0.4, 0.5) is 0 Å². The van der Waals surface area contributed by atoms with Crippen molar-refractivity contribution in [3.8, 4) is 5.75 Å². The van der Waals surface area contributed by atoms with Crippen molar-refractivity contribution in [2.75, 3.05) is 6.54 Å². The number of aliphatic hydroxyl groups is 1. The van der Waals surface area contributed by atoms with Gasteiger partial charge in [-0.1, -0.05) is 6.07 Å². The van der Waals surface area contributed by atoms with Gasteiger partial charge in [0.25, 0.3) is 5.91 Å². The molecule has 1 aromatic heterocycles. The Bertz CT molecular complexity index is 691. The second kappa shape index (κ2) is 6.76. The second-order valence-electron chi connectivity index (χ2n) is 5.66. The molecule has 0 unspecified atom stereocenters. The highest BCUT2D eigenvalue weighted by atomic mass is 16.3. The molecular formula is C17H19N3O3. The summed E-state index contributed by atoms with van der Waals surface area (Å²) in [5, 5.41) is 25.8. The van der Waals surface area contributed by atoms with E-state index >= 15 is 0 Å². The van der Waals surface area contributed by atoms with Crippen LogP contribution in [0.3, 0.4) is 0 Å². The minimum Gasteiger partial charge on any atom is -0.508 e. The van der Waals surface area contributed by atoms with Crippen molar-refractivity contribution < 1.29 is 15.0 Å². The summed E-state index contributed by atoms with van der Waals surface area (Å²) < 4.78 is 0. The molecule has 3 rings (SSSR count). The number of fused-ring (bicyclic) bond motifs is 1. The van der Waals surface area contributed by atoms with Crippen molar-refractivity contribution in [1.82, 2.24) is 15.6 Å². The van der Waals surface area contributed by atoms with Crippen LogP contribution < -0.4 is 10.6 Å². The third-order valence-corrected chi connectivity index (χ3v) is 4.06. The van der Waals surface area contributed by atoms with E-state index in [4.69, 9.17) is 0 Å². The van der Waals surface area contributed by atoms with Crippen molar-refractivity contribution in [1.29, 1.82) is 0 Å². The zero-order valence-corrected chi connectivity index (χ0v) is 12.6. The number of aromatic nitrogens is 1. The van der Waals surface area contributed by atoms with E-state index in [0.29, 0.717) is 18.5 Å². The fourth-order valence-corrected chi connectivity index (χ4v) is 2.74. The lowest BCUT2D eigenvalue weighted by Crippen LogP contribution is -2.49. The maximum Gasteiger partial charge on any atom is 0.251 e. The summed E-state index contributed by atoms with van der Waals surface area (Å²) in [6.45, 7) is 0.760. The molecule has 23 heavy (non-hydrogen) atoms. The highest BCUT2D eigenvalue weighted by Crippen LogP contribution is 2.22. The minimum absolute atomic E-state index is 0.134. The molecule has 6 nitrogen and oxygen atoms in total. The number of phenols is 1. The third-order valence-electron chi connectivity index (χ3n) is 4.06. The van der Waals surface area contributed by atoms with E-state index in [1.54, 1.807) is 36.7 Å². The van der Waals surface area contributed by atoms with Gasteiger partial charge in [0, 0.05) is 37.1 Å². The Morgan fingerprint density at radius 3 is 2.87 bits per heavy atom. The predicted octanol–water partition coefficient (Wildman–Crippen LogP) is 0.592. The van der Waals surface area contributed by atoms with Gasteiger partial charge in [-0.3, -0.25) is 9.78 Å². The van der Waals surface area contributed by atoms with Gasteiger partial charge in [0.05, 0.1) is 6.10 Å². The minimum atomic E-state index is -0.692. The van der Waals surface area contributed by atoms with Crippen LogP contribution in [0.25, 0.3) is 0 Å². The Labute approximate surface area is 134 Å². The van der Waals surface area contributed by atoms with Gasteiger partial charge in [-0.05, 0) is 41.8 Å². The third kappa shape index (κ3) is 3.67. The fraction of sp³-hybridized carbons (Fsp3) is 0.294. The molecule has 1 aromatic carbocycles. The Kier molecular flexibility index (Phi) is 4.55. The molecule has 1 aliphatic rings. The fourth-order valence-electron chi connectivity index (χ4n) is 2.74. The standard InChI is InChI=1S/C17H19N3O3/c21-14-2-1-12-8-15(19-9-13(12)7-14)16(22)10-20-17(23)11-3-5-18-6-4-11/h1-7,15-16,19,21-22H,8-10H2,(H,20,23)/t15-,16+/m0/s1. The number of rotatable bonds is 4. The normalized spacial score (nSPS) is 18.0. The number of amides is 1. The predicted molar refractivity (Wildman–Crippen MR) is 85.0 cm³/mol. The first-order chi connectivity index (χ1) is 11.1. The molecule has 4 N–H and O–H groups in total. The molecule has 120 valence electrons. The molecule has 6 heteroatoms. The molecule has 2 atom stereocenters. The van der Waals surface area contributed by atoms with Gasteiger partial charge in [0.2, 0.25) is 0 Å². The highest BCUT2D eigenvalue weighted by Gasteiger charge is 2.25. The number of aliphatic hydroxyl groups excluding tert-OH is 1. The quantitative estimate of drug-likeness (QED) is 0.663. The maximum absolute atomic E-state index is 12.0. The van der Waals surface area contributed by atoms with Crippen LogP contribution in [0.2, 0.25) is 0 Å². The molecule has 2 aromatic rings. The average Bonchev–Trinajstić information content (AvgIpc) is 2.59. The van der Waals surface area contributed by atoms with Crippen LogP contribution in [-0.4, -0.2) is 39.8 Å². The summed E-state index contributed by atoms with van der Waals surface area (Å²) in [6.07, 6.45) is 3.07. The molecule has 0 saturated carbocycles. The Morgan fingerprint density at radius 2 is 2.09 bits per heavy atom. The van der Waals surface area contributed by atoms with Gasteiger partial charge in [-0.25, -0.2) is 0 Å². The molecule has 0 spiro atoms. The molecule has 0 aliphatic carbocycles. The number of nitrogens with one attached hydrogen (secondary N) is 2. The zero-order chi connectivity index (χ0) is 16.2. The Hall–Kier alpha value is -2.44. The number of hydrogen-bond donors (Lipinski definition) is 4. The molecular weight excluding hydrogens is 294 g/mol. The summed E-state index contributed by atoms with van der Waals surface area (Å²) in [5.41, 5.74) is 2.66. The highest BCUT2D eigenvalue weighted by molar-refractivity contribution is 5.93. The molecule has 2 heterocycles. The summed E-state index contributed by atoms with van der Waals surface area (Å²) >= 11 is 0. The van der Waals surface area contributed by atoms with E-state index in [2.05, 4.69) is 15.6 Å². The van der Waals surface area contributed by atoms with Crippen LogP contribution in [0, 0.1) is 0 Å². The van der Waals surface area contributed by atoms with Gasteiger partial charge >= 0.3 is 0 Å². The van der Waals surface area contributed by atoms with Crippen molar-refractivity contribution in [2.24, 2.45) is 0 Å². The number of carbonyl (C=O) groups excluding carboxylic acids is 1. The van der Waals surface area contributed by atoms with Crippen LogP contribution in [0.15, 0.2) is 42.7 Å². The van der Waals surface area contributed by atoms with E-state index in [-0.39, 0.29) is 24.2 Å². The Balaban J connectivity index is 1.56. The number of aromatic hydroxyl groups is 1. The van der Waals surface area contributed by atoms with E-state index in [9.17, 15) is 15.0 Å². The molecule has 0 fully saturated rings. The topological polar surface area (TPSA) is 94.5 Å². The number of phenolic OH excluding ortho intramolecular Hbond substituents is 1. The summed E-state index contributed by atoms with van der Waals surface area (Å²) in [6, 6.07) is 8.38. The SMILES string of the molecule is O=C(NC[C@@H](O)[C@@H]1Cc2ccc(O)cc2CN1)c1ccncc1. The van der Waals surface area contributed by atoms with Crippen molar-refractivity contribution in [3.63, 3.8) is 0 Å². The lowest BCUT2D eigenvalue weighted by Gasteiger charge is -2.30. The molecule has 0 radical (unpaired) electrons. The maximum atomic E-state index is 12.0. The van der Waals surface area contributed by atoms with Crippen LogP contribution in [0.1, 0.15) is 21.5 Å². The smallest absolute Gasteiger partial charge is 0.251 e. The van der Waals surface area contributed by atoms with Gasteiger partial charge in [0.15, 0.2) is 0 Å². The Morgan fingerprint density at radius 1 is 1.30 bits per heavy atom. The first-order valence-corrected chi connectivity index (χ1v) is 7.54. The average molecular weight is 313 g/mol. The second-order valence-corrected chi connectivity index (χ2v) is 5.66. The van der Waals surface area contributed by atoms with E-state index in [0.717, 1.165) is 11.1 Å². The van der Waals surface area contributed by atoms with Crippen molar-refractivity contribution in [3.05, 3.63) is 59.4 Å². The van der Waals surface area contributed by atoms with E-state index in [1.807, 2.05) is 6.07 Å². The van der Waals surface area contributed by atoms with E-state index in [1.165, 1.54) is 0 Å². The van der Waals surface area contributed by atoms with Gasteiger partial charge < -0.3 is 20.8 Å². The largest absolute Gasteiger partial charge is 0.508 e. The van der Waals surface area contributed by atoms with Crippen LogP contribution >= 0.6 is 0 Å². The first-order valence-electron chi connectivity index (χ1n) is 7.54. The van der Waals surface area contributed by atoms with Crippen molar-refractivity contribution in [2.45, 2.75) is 25.1 Å². The van der Waals surface area contributed by atoms with Crippen molar-refractivity contribution >= 4 is 5.91 Å². The van der Waals surface area contributed by atoms with Crippen LogP contribution in [-0.2, 0) is 13.0 Å². The monoisotopic (exact) mass is 313 g/mol. The first kappa shape index (κ1) is 15.5. The number of nitrogens with zero attached hydrogens (tertiary/aromatic N) is 1. The number of benzene rings is 1. The lowest BCUT2D eigenvalue weighted by atomic mass is 9.92. The van der Waals surface area contributed by atoms with Gasteiger partial charge in [-0.15, -0.1) is 0 Å². The summed E-state index contributed by atoms with van der Waals surface area (Å²) in [4.78, 5) is 15.8.